The van der Waals surface area contributed by atoms with Crippen molar-refractivity contribution in [3.63, 3.8) is 0 Å². The Balaban J connectivity index is 1.71. The number of carbonyl (C=O) groups is 1. The van der Waals surface area contributed by atoms with Gasteiger partial charge in [0.15, 0.2) is 6.61 Å². The Kier molecular flexibility index (Phi) is 8.13. The van der Waals surface area contributed by atoms with Crippen LogP contribution in [0.5, 0.6) is 5.75 Å². The molecule has 0 radical (unpaired) electrons. The number of nitrogens with zero attached hydrogens (tertiary/aromatic N) is 4. The van der Waals surface area contributed by atoms with Crippen molar-refractivity contribution in [1.29, 1.82) is 0 Å². The molecule has 0 saturated heterocycles. The number of nitrogens with one attached hydrogen (secondary N) is 1. The first-order valence-corrected chi connectivity index (χ1v) is 12.3. The number of anilines is 1. The average molecular weight is 603 g/mol. The maximum absolute atomic E-state index is 13.9. The van der Waals surface area contributed by atoms with Crippen LogP contribution in [0.25, 0.3) is 10.9 Å². The first kappa shape index (κ1) is 26.9. The highest BCUT2D eigenvalue weighted by Crippen LogP contribution is 2.34. The van der Waals surface area contributed by atoms with E-state index < -0.39 is 34.5 Å². The number of ether oxygens (including phenoxy) is 1. The molecular formula is C25H18BrClFN5O5. The summed E-state index contributed by atoms with van der Waals surface area (Å²) in [4.78, 5) is 41.0. The fourth-order valence-electron chi connectivity index (χ4n) is 3.54. The molecule has 1 heterocycles. The Labute approximate surface area is 228 Å². The minimum Gasteiger partial charge on any atom is -0.476 e. The van der Waals surface area contributed by atoms with Gasteiger partial charge >= 0.3 is 5.69 Å². The largest absolute Gasteiger partial charge is 0.476 e. The number of fused-ring (bicyclic) bond motifs is 1. The summed E-state index contributed by atoms with van der Waals surface area (Å²) < 4.78 is 21.1. The Bertz CT molecular complexity index is 1660. The molecule has 10 nitrogen and oxygen atoms in total. The third-order valence-corrected chi connectivity index (χ3v) is 5.97. The molecule has 4 rings (SSSR count). The summed E-state index contributed by atoms with van der Waals surface area (Å²) in [5, 5.41) is 18.6. The molecule has 0 aliphatic carbocycles. The van der Waals surface area contributed by atoms with Crippen molar-refractivity contribution in [1.82, 2.24) is 9.66 Å². The number of amides is 1. The number of nitro benzene ring substituents is 1. The number of aromatic nitrogens is 2. The topological polar surface area (TPSA) is 129 Å². The number of benzene rings is 3. The molecule has 0 aliphatic heterocycles. The molecule has 0 unspecified atom stereocenters. The molecule has 0 spiro atoms. The van der Waals surface area contributed by atoms with E-state index in [-0.39, 0.29) is 22.0 Å². The van der Waals surface area contributed by atoms with E-state index in [1.54, 1.807) is 25.1 Å². The summed E-state index contributed by atoms with van der Waals surface area (Å²) in [6.07, 6.45) is 1.53. The van der Waals surface area contributed by atoms with Gasteiger partial charge in [-0.15, -0.1) is 0 Å². The molecule has 4 aromatic rings. The number of hydrogen-bond acceptors (Lipinski definition) is 7. The number of rotatable bonds is 8. The molecule has 38 heavy (non-hydrogen) atoms. The quantitative estimate of drug-likeness (QED) is 0.165. The molecule has 0 atom stereocenters. The molecule has 3 aromatic carbocycles. The van der Waals surface area contributed by atoms with Crippen molar-refractivity contribution in [2.75, 3.05) is 11.9 Å². The van der Waals surface area contributed by atoms with Gasteiger partial charge in [0.1, 0.15) is 11.6 Å². The molecule has 0 fully saturated rings. The number of aryl methyl sites for hydroxylation is 1. The van der Waals surface area contributed by atoms with Crippen molar-refractivity contribution < 1.29 is 18.8 Å². The molecule has 0 bridgehead atoms. The highest BCUT2D eigenvalue weighted by molar-refractivity contribution is 9.10. The molecular weight excluding hydrogens is 585 g/mol. The Morgan fingerprint density at radius 2 is 2.05 bits per heavy atom. The first-order valence-electron chi connectivity index (χ1n) is 11.1. The lowest BCUT2D eigenvalue weighted by molar-refractivity contribution is -0.385. The van der Waals surface area contributed by atoms with E-state index in [2.05, 4.69) is 31.3 Å². The summed E-state index contributed by atoms with van der Waals surface area (Å²) in [5.74, 6) is -1.37. The standard InChI is InChI=1S/C25H18BrClFN5O5/c1-2-22-30-19-8-7-15(26)10-17(19)25(35)32(22)29-12-14-9-16(27)11-21(33(36)37)24(14)38-13-23(34)31-20-6-4-3-5-18(20)28/h3-12H,2,13H2,1H3,(H,31,34). The van der Waals surface area contributed by atoms with Gasteiger partial charge in [-0.1, -0.05) is 46.6 Å². The molecule has 1 N–H and O–H groups in total. The second kappa shape index (κ2) is 11.5. The summed E-state index contributed by atoms with van der Waals surface area (Å²) in [6.45, 7) is 1.12. The maximum Gasteiger partial charge on any atom is 0.313 e. The van der Waals surface area contributed by atoms with Crippen LogP contribution in [-0.4, -0.2) is 33.3 Å². The summed E-state index contributed by atoms with van der Waals surface area (Å²) in [5.41, 5.74) is -0.527. The molecule has 0 saturated carbocycles. The van der Waals surface area contributed by atoms with Gasteiger partial charge in [-0.3, -0.25) is 19.7 Å². The molecule has 1 aromatic heterocycles. The minimum absolute atomic E-state index is 0.00457. The normalized spacial score (nSPS) is 11.2. The number of carbonyl (C=O) groups excluding carboxylic acids is 1. The molecule has 1 amide bonds. The lowest BCUT2D eigenvalue weighted by Gasteiger charge is -2.11. The van der Waals surface area contributed by atoms with Crippen LogP contribution in [0, 0.1) is 15.9 Å². The van der Waals surface area contributed by atoms with Crippen molar-refractivity contribution in [3.8, 4) is 5.75 Å². The van der Waals surface area contributed by atoms with Crippen LogP contribution in [0.3, 0.4) is 0 Å². The van der Waals surface area contributed by atoms with Crippen LogP contribution >= 0.6 is 27.5 Å². The summed E-state index contributed by atoms with van der Waals surface area (Å²) >= 11 is 9.42. The predicted molar refractivity (Wildman–Crippen MR) is 145 cm³/mol. The van der Waals surface area contributed by atoms with Gasteiger partial charge in [-0.05, 0) is 36.4 Å². The van der Waals surface area contributed by atoms with E-state index in [9.17, 15) is 24.1 Å². The van der Waals surface area contributed by atoms with E-state index in [1.165, 1.54) is 30.3 Å². The van der Waals surface area contributed by atoms with Gasteiger partial charge in [0.05, 0.1) is 27.7 Å². The number of halogens is 3. The SMILES string of the molecule is CCc1nc2ccc(Br)cc2c(=O)n1N=Cc1cc(Cl)cc([N+](=O)[O-])c1OCC(=O)Nc1ccccc1F. The third kappa shape index (κ3) is 5.87. The summed E-state index contributed by atoms with van der Waals surface area (Å²) in [6, 6.07) is 13.0. The predicted octanol–water partition coefficient (Wildman–Crippen LogP) is 5.32. The zero-order chi connectivity index (χ0) is 27.4. The van der Waals surface area contributed by atoms with E-state index in [1.807, 2.05) is 0 Å². The number of nitro groups is 1. The molecule has 0 aliphatic rings. The van der Waals surface area contributed by atoms with Gasteiger partial charge in [-0.25, -0.2) is 9.37 Å². The highest BCUT2D eigenvalue weighted by Gasteiger charge is 2.22. The van der Waals surface area contributed by atoms with Crippen LogP contribution < -0.4 is 15.6 Å². The lowest BCUT2D eigenvalue weighted by Crippen LogP contribution is -2.22. The van der Waals surface area contributed by atoms with Crippen molar-refractivity contribution in [2.45, 2.75) is 13.3 Å². The van der Waals surface area contributed by atoms with Crippen LogP contribution in [0.15, 0.2) is 69.0 Å². The van der Waals surface area contributed by atoms with Crippen molar-refractivity contribution >= 4 is 61.9 Å². The third-order valence-electron chi connectivity index (χ3n) is 5.26. The first-order chi connectivity index (χ1) is 18.2. The van der Waals surface area contributed by atoms with Crippen LogP contribution in [0.4, 0.5) is 15.8 Å². The van der Waals surface area contributed by atoms with E-state index in [0.29, 0.717) is 27.6 Å². The van der Waals surface area contributed by atoms with Gasteiger partial charge in [0.2, 0.25) is 5.75 Å². The van der Waals surface area contributed by atoms with Gasteiger partial charge in [0.25, 0.3) is 11.5 Å². The van der Waals surface area contributed by atoms with Gasteiger partial charge in [0, 0.05) is 27.5 Å². The zero-order valence-electron chi connectivity index (χ0n) is 19.7. The van der Waals surface area contributed by atoms with Crippen molar-refractivity contribution in [3.05, 3.63) is 102 Å². The van der Waals surface area contributed by atoms with Crippen LogP contribution in [0.1, 0.15) is 18.3 Å². The molecule has 13 heteroatoms. The maximum atomic E-state index is 13.9. The fraction of sp³-hybridized carbons (Fsp3) is 0.120. The second-order valence-electron chi connectivity index (χ2n) is 7.82. The Morgan fingerprint density at radius 3 is 2.76 bits per heavy atom. The smallest absolute Gasteiger partial charge is 0.313 e. The minimum atomic E-state index is -0.754. The Morgan fingerprint density at radius 1 is 1.29 bits per heavy atom. The van der Waals surface area contributed by atoms with Gasteiger partial charge in [-0.2, -0.15) is 9.78 Å². The zero-order valence-corrected chi connectivity index (χ0v) is 22.0. The van der Waals surface area contributed by atoms with E-state index >= 15 is 0 Å². The lowest BCUT2D eigenvalue weighted by atomic mass is 10.2. The Hall–Kier alpha value is -4.16. The van der Waals surface area contributed by atoms with Crippen LogP contribution in [-0.2, 0) is 11.2 Å². The fourth-order valence-corrected chi connectivity index (χ4v) is 4.12. The number of hydrogen-bond donors (Lipinski definition) is 1. The monoisotopic (exact) mass is 601 g/mol. The summed E-state index contributed by atoms with van der Waals surface area (Å²) in [7, 11) is 0. The number of para-hydroxylation sites is 1. The van der Waals surface area contributed by atoms with E-state index in [4.69, 9.17) is 16.3 Å². The van der Waals surface area contributed by atoms with Crippen molar-refractivity contribution in [2.24, 2.45) is 5.10 Å². The van der Waals surface area contributed by atoms with E-state index in [0.717, 1.165) is 17.0 Å². The second-order valence-corrected chi connectivity index (χ2v) is 9.17. The van der Waals surface area contributed by atoms with Gasteiger partial charge < -0.3 is 10.1 Å². The molecule has 194 valence electrons. The average Bonchev–Trinajstić information content (AvgIpc) is 2.88. The van der Waals surface area contributed by atoms with Crippen LogP contribution in [0.2, 0.25) is 5.02 Å². The highest BCUT2D eigenvalue weighted by atomic mass is 79.9.